The highest BCUT2D eigenvalue weighted by atomic mass is 14.7. The number of benzene rings is 1. The Bertz CT molecular complexity index is 396. The highest BCUT2D eigenvalue weighted by Gasteiger charge is 1.93. The van der Waals surface area contributed by atoms with Crippen molar-refractivity contribution in [3.63, 3.8) is 0 Å². The van der Waals surface area contributed by atoms with Crippen molar-refractivity contribution < 1.29 is 0 Å². The zero-order valence-electron chi connectivity index (χ0n) is 7.83. The van der Waals surface area contributed by atoms with Crippen LogP contribution in [0.25, 0.3) is 10.9 Å². The predicted octanol–water partition coefficient (Wildman–Crippen LogP) is 2.96. The fraction of sp³-hybridized carbons (Fsp3) is 0.182. The largest absolute Gasteiger partial charge is 0.344 e. The molecule has 0 saturated carbocycles. The Kier molecular flexibility index (Phi) is 2.98. The second-order valence-corrected chi connectivity index (χ2v) is 2.85. The normalized spacial score (nSPS) is 9.62. The van der Waals surface area contributed by atoms with E-state index in [0.29, 0.717) is 0 Å². The Morgan fingerprint density at radius 3 is 2.62 bits per heavy atom. The Labute approximate surface area is 78.2 Å². The third kappa shape index (κ3) is 1.84. The maximum atomic E-state index is 4.49. The van der Waals surface area contributed by atoms with Gasteiger partial charge in [0.05, 0.1) is 5.52 Å². The molecule has 0 saturated heterocycles. The van der Waals surface area contributed by atoms with Crippen LogP contribution < -0.4 is 6.15 Å². The number of pyridine rings is 1. The van der Waals surface area contributed by atoms with Crippen molar-refractivity contribution in [2.45, 2.75) is 13.3 Å². The van der Waals surface area contributed by atoms with Crippen molar-refractivity contribution in [2.24, 2.45) is 0 Å². The second-order valence-electron chi connectivity index (χ2n) is 2.85. The standard InChI is InChI=1S/C11H11N.H3N/c1-2-10-8-7-9-5-3-4-6-11(9)12-10;/h3-8H,2H2,1H3;1H3. The van der Waals surface area contributed by atoms with Crippen LogP contribution in [-0.4, -0.2) is 4.98 Å². The summed E-state index contributed by atoms with van der Waals surface area (Å²) in [5, 5.41) is 1.22. The van der Waals surface area contributed by atoms with E-state index < -0.39 is 0 Å². The van der Waals surface area contributed by atoms with Gasteiger partial charge in [-0.15, -0.1) is 0 Å². The Hall–Kier alpha value is -1.41. The quantitative estimate of drug-likeness (QED) is 0.722. The Balaban J connectivity index is 0.000000845. The molecule has 0 aliphatic rings. The van der Waals surface area contributed by atoms with Gasteiger partial charge in [-0.2, -0.15) is 0 Å². The SMILES string of the molecule is CCc1ccc2ccccc2n1.N. The first-order chi connectivity index (χ1) is 5.90. The van der Waals surface area contributed by atoms with E-state index in [1.165, 1.54) is 5.39 Å². The summed E-state index contributed by atoms with van der Waals surface area (Å²) in [6, 6.07) is 12.4. The molecule has 0 unspecified atom stereocenters. The fourth-order valence-electron chi connectivity index (χ4n) is 1.31. The van der Waals surface area contributed by atoms with Crippen LogP contribution in [0.2, 0.25) is 0 Å². The van der Waals surface area contributed by atoms with Crippen LogP contribution in [0.1, 0.15) is 12.6 Å². The third-order valence-electron chi connectivity index (χ3n) is 2.02. The molecule has 0 radical (unpaired) electrons. The molecule has 1 aromatic carbocycles. The molecule has 2 aromatic rings. The molecule has 0 bridgehead atoms. The molecular formula is C11H14N2. The van der Waals surface area contributed by atoms with E-state index in [1.54, 1.807) is 0 Å². The van der Waals surface area contributed by atoms with Crippen LogP contribution in [0, 0.1) is 0 Å². The van der Waals surface area contributed by atoms with E-state index >= 15 is 0 Å². The van der Waals surface area contributed by atoms with Crippen LogP contribution in [0.3, 0.4) is 0 Å². The molecule has 2 rings (SSSR count). The number of hydrogen-bond acceptors (Lipinski definition) is 2. The number of nitrogens with zero attached hydrogens (tertiary/aromatic N) is 1. The average molecular weight is 174 g/mol. The second kappa shape index (κ2) is 4.01. The molecule has 2 nitrogen and oxygen atoms in total. The number of rotatable bonds is 1. The average Bonchev–Trinajstić information content (AvgIpc) is 2.17. The molecule has 0 aliphatic carbocycles. The van der Waals surface area contributed by atoms with Crippen LogP contribution in [0.5, 0.6) is 0 Å². The highest BCUT2D eigenvalue weighted by molar-refractivity contribution is 5.78. The summed E-state index contributed by atoms with van der Waals surface area (Å²) in [4.78, 5) is 4.49. The van der Waals surface area contributed by atoms with Gasteiger partial charge in [-0.3, -0.25) is 4.98 Å². The minimum atomic E-state index is 0. The van der Waals surface area contributed by atoms with Gasteiger partial charge in [0.1, 0.15) is 0 Å². The van der Waals surface area contributed by atoms with E-state index in [2.05, 4.69) is 36.2 Å². The fourth-order valence-corrected chi connectivity index (χ4v) is 1.31. The van der Waals surface area contributed by atoms with Gasteiger partial charge in [0, 0.05) is 11.1 Å². The smallest absolute Gasteiger partial charge is 0.0705 e. The van der Waals surface area contributed by atoms with Crippen molar-refractivity contribution >= 4 is 10.9 Å². The lowest BCUT2D eigenvalue weighted by atomic mass is 10.2. The first kappa shape index (κ1) is 9.68. The monoisotopic (exact) mass is 174 g/mol. The summed E-state index contributed by atoms with van der Waals surface area (Å²) >= 11 is 0. The summed E-state index contributed by atoms with van der Waals surface area (Å²) in [7, 11) is 0. The van der Waals surface area contributed by atoms with E-state index in [1.807, 2.05) is 12.1 Å². The van der Waals surface area contributed by atoms with Gasteiger partial charge in [0.15, 0.2) is 0 Å². The molecule has 2 heteroatoms. The van der Waals surface area contributed by atoms with Crippen LogP contribution in [-0.2, 0) is 6.42 Å². The first-order valence-electron chi connectivity index (χ1n) is 4.25. The number of para-hydroxylation sites is 1. The summed E-state index contributed by atoms with van der Waals surface area (Å²) in [5.74, 6) is 0. The molecule has 0 fully saturated rings. The van der Waals surface area contributed by atoms with Crippen LogP contribution >= 0.6 is 0 Å². The Morgan fingerprint density at radius 2 is 1.85 bits per heavy atom. The maximum absolute atomic E-state index is 4.49. The molecule has 0 atom stereocenters. The molecule has 1 aromatic heterocycles. The minimum Gasteiger partial charge on any atom is -0.344 e. The summed E-state index contributed by atoms with van der Waals surface area (Å²) in [5.41, 5.74) is 2.26. The molecule has 0 amide bonds. The van der Waals surface area contributed by atoms with Crippen molar-refractivity contribution in [2.75, 3.05) is 0 Å². The van der Waals surface area contributed by atoms with E-state index in [-0.39, 0.29) is 6.15 Å². The highest BCUT2D eigenvalue weighted by Crippen LogP contribution is 2.11. The molecule has 1 heterocycles. The van der Waals surface area contributed by atoms with E-state index in [4.69, 9.17) is 0 Å². The lowest BCUT2D eigenvalue weighted by Crippen LogP contribution is -1.86. The first-order valence-corrected chi connectivity index (χ1v) is 4.25. The number of aromatic nitrogens is 1. The third-order valence-corrected chi connectivity index (χ3v) is 2.02. The molecule has 68 valence electrons. The van der Waals surface area contributed by atoms with Crippen molar-refractivity contribution in [1.29, 1.82) is 0 Å². The van der Waals surface area contributed by atoms with Gasteiger partial charge in [0.25, 0.3) is 0 Å². The van der Waals surface area contributed by atoms with Crippen molar-refractivity contribution in [3.05, 3.63) is 42.1 Å². The van der Waals surface area contributed by atoms with Crippen LogP contribution in [0.4, 0.5) is 0 Å². The molecular weight excluding hydrogens is 160 g/mol. The summed E-state index contributed by atoms with van der Waals surface area (Å²) in [6.45, 7) is 2.12. The summed E-state index contributed by atoms with van der Waals surface area (Å²) in [6.07, 6.45) is 1.00. The lowest BCUT2D eigenvalue weighted by Gasteiger charge is -1.98. The number of fused-ring (bicyclic) bond motifs is 1. The summed E-state index contributed by atoms with van der Waals surface area (Å²) < 4.78 is 0. The topological polar surface area (TPSA) is 47.9 Å². The zero-order valence-corrected chi connectivity index (χ0v) is 7.83. The predicted molar refractivity (Wildman–Crippen MR) is 56.1 cm³/mol. The van der Waals surface area contributed by atoms with Gasteiger partial charge >= 0.3 is 0 Å². The van der Waals surface area contributed by atoms with Crippen molar-refractivity contribution in [3.8, 4) is 0 Å². The van der Waals surface area contributed by atoms with Gasteiger partial charge in [-0.25, -0.2) is 0 Å². The van der Waals surface area contributed by atoms with E-state index in [0.717, 1.165) is 17.6 Å². The Morgan fingerprint density at radius 1 is 1.08 bits per heavy atom. The van der Waals surface area contributed by atoms with Crippen LogP contribution in [0.15, 0.2) is 36.4 Å². The molecule has 0 aliphatic heterocycles. The van der Waals surface area contributed by atoms with Gasteiger partial charge in [-0.1, -0.05) is 31.2 Å². The van der Waals surface area contributed by atoms with Gasteiger partial charge < -0.3 is 6.15 Å². The minimum absolute atomic E-state index is 0. The van der Waals surface area contributed by atoms with Gasteiger partial charge in [-0.05, 0) is 18.6 Å². The lowest BCUT2D eigenvalue weighted by molar-refractivity contribution is 1.06. The number of aryl methyl sites for hydroxylation is 1. The molecule has 3 N–H and O–H groups in total. The number of hydrogen-bond donors (Lipinski definition) is 1. The molecule has 0 spiro atoms. The van der Waals surface area contributed by atoms with Crippen molar-refractivity contribution in [1.82, 2.24) is 11.1 Å². The van der Waals surface area contributed by atoms with E-state index in [9.17, 15) is 0 Å². The maximum Gasteiger partial charge on any atom is 0.0705 e. The molecule has 13 heavy (non-hydrogen) atoms. The zero-order chi connectivity index (χ0) is 8.39. The van der Waals surface area contributed by atoms with Gasteiger partial charge in [0.2, 0.25) is 0 Å².